The van der Waals surface area contributed by atoms with Crippen molar-refractivity contribution >= 4 is 17.3 Å². The zero-order valence-corrected chi connectivity index (χ0v) is 9.36. The summed E-state index contributed by atoms with van der Waals surface area (Å²) in [5.41, 5.74) is 8.91. The number of aryl methyl sites for hydroxylation is 2. The summed E-state index contributed by atoms with van der Waals surface area (Å²) in [5.74, 6) is 1.12. The van der Waals surface area contributed by atoms with Crippen LogP contribution in [0.3, 0.4) is 0 Å². The lowest BCUT2D eigenvalue weighted by Crippen LogP contribution is -1.98. The Hall–Kier alpha value is -2.10. The summed E-state index contributed by atoms with van der Waals surface area (Å²) >= 11 is 0. The lowest BCUT2D eigenvalue weighted by molar-refractivity contribution is 1.05. The molecule has 3 N–H and O–H groups in total. The molecule has 4 heteroatoms. The van der Waals surface area contributed by atoms with Crippen LogP contribution in [0.15, 0.2) is 30.3 Å². The molecule has 0 amide bonds. The summed E-state index contributed by atoms with van der Waals surface area (Å²) in [6.07, 6.45) is 0. The summed E-state index contributed by atoms with van der Waals surface area (Å²) < 4.78 is 0. The SMILES string of the molecule is Cc1cc(C)cc(Nc2ccc(N)nn2)c1. The molecule has 0 atom stereocenters. The molecule has 82 valence electrons. The standard InChI is InChI=1S/C12H14N4/c1-8-5-9(2)7-10(6-8)14-12-4-3-11(13)15-16-12/h3-7H,1-2H3,(H2,13,15)(H,14,16). The highest BCUT2D eigenvalue weighted by Gasteiger charge is 1.98. The van der Waals surface area contributed by atoms with Crippen molar-refractivity contribution in [1.29, 1.82) is 0 Å². The van der Waals surface area contributed by atoms with Gasteiger partial charge in [0, 0.05) is 5.69 Å². The Kier molecular flexibility index (Phi) is 2.72. The predicted molar refractivity (Wildman–Crippen MR) is 65.6 cm³/mol. The normalized spacial score (nSPS) is 10.1. The molecule has 2 rings (SSSR count). The molecule has 0 saturated heterocycles. The van der Waals surface area contributed by atoms with Crippen LogP contribution in [-0.4, -0.2) is 10.2 Å². The number of rotatable bonds is 2. The molecule has 16 heavy (non-hydrogen) atoms. The Bertz CT molecular complexity index is 471. The molecular formula is C12H14N4. The molecule has 4 nitrogen and oxygen atoms in total. The first-order chi connectivity index (χ1) is 7.63. The largest absolute Gasteiger partial charge is 0.382 e. The van der Waals surface area contributed by atoms with Crippen LogP contribution < -0.4 is 11.1 Å². The predicted octanol–water partition coefficient (Wildman–Crippen LogP) is 2.42. The van der Waals surface area contributed by atoms with E-state index in [1.54, 1.807) is 12.1 Å². The first-order valence-electron chi connectivity index (χ1n) is 5.08. The highest BCUT2D eigenvalue weighted by molar-refractivity contribution is 5.58. The molecule has 0 radical (unpaired) electrons. The maximum atomic E-state index is 5.47. The summed E-state index contributed by atoms with van der Waals surface area (Å²) in [7, 11) is 0. The first kappa shape index (κ1) is 10.4. The first-order valence-corrected chi connectivity index (χ1v) is 5.08. The molecule has 0 bridgehead atoms. The van der Waals surface area contributed by atoms with Crippen LogP contribution in [0.1, 0.15) is 11.1 Å². The maximum Gasteiger partial charge on any atom is 0.153 e. The van der Waals surface area contributed by atoms with E-state index < -0.39 is 0 Å². The van der Waals surface area contributed by atoms with E-state index in [4.69, 9.17) is 5.73 Å². The Balaban J connectivity index is 2.23. The van der Waals surface area contributed by atoms with Crippen LogP contribution in [0, 0.1) is 13.8 Å². The zero-order chi connectivity index (χ0) is 11.5. The van der Waals surface area contributed by atoms with Crippen molar-refractivity contribution in [2.45, 2.75) is 13.8 Å². The van der Waals surface area contributed by atoms with Crippen molar-refractivity contribution in [3.63, 3.8) is 0 Å². The van der Waals surface area contributed by atoms with E-state index in [0.717, 1.165) is 5.69 Å². The van der Waals surface area contributed by atoms with Crippen LogP contribution in [0.5, 0.6) is 0 Å². The molecule has 0 spiro atoms. The van der Waals surface area contributed by atoms with Gasteiger partial charge in [0.2, 0.25) is 0 Å². The summed E-state index contributed by atoms with van der Waals surface area (Å²) in [6.45, 7) is 4.12. The lowest BCUT2D eigenvalue weighted by Gasteiger charge is -2.07. The van der Waals surface area contributed by atoms with Crippen molar-refractivity contribution in [1.82, 2.24) is 10.2 Å². The molecule has 2 aromatic rings. The second kappa shape index (κ2) is 4.18. The van der Waals surface area contributed by atoms with E-state index in [2.05, 4.69) is 47.6 Å². The third kappa shape index (κ3) is 2.48. The van der Waals surface area contributed by atoms with E-state index in [1.807, 2.05) is 0 Å². The number of nitrogens with two attached hydrogens (primary N) is 1. The molecule has 0 aliphatic carbocycles. The van der Waals surface area contributed by atoms with Gasteiger partial charge in [-0.05, 0) is 49.2 Å². The van der Waals surface area contributed by atoms with Gasteiger partial charge < -0.3 is 11.1 Å². The van der Waals surface area contributed by atoms with Crippen LogP contribution in [0.2, 0.25) is 0 Å². The van der Waals surface area contributed by atoms with Gasteiger partial charge in [0.25, 0.3) is 0 Å². The fourth-order valence-corrected chi connectivity index (χ4v) is 1.60. The summed E-state index contributed by atoms with van der Waals surface area (Å²) in [4.78, 5) is 0. The van der Waals surface area contributed by atoms with Crippen LogP contribution >= 0.6 is 0 Å². The Morgan fingerprint density at radius 2 is 1.69 bits per heavy atom. The molecule has 0 aliphatic heterocycles. The van der Waals surface area contributed by atoms with Gasteiger partial charge >= 0.3 is 0 Å². The van der Waals surface area contributed by atoms with Gasteiger partial charge in [-0.15, -0.1) is 10.2 Å². The number of nitrogens with one attached hydrogen (secondary N) is 1. The molecule has 1 heterocycles. The third-order valence-electron chi connectivity index (χ3n) is 2.18. The minimum Gasteiger partial charge on any atom is -0.382 e. The van der Waals surface area contributed by atoms with Gasteiger partial charge in [-0.25, -0.2) is 0 Å². The Morgan fingerprint density at radius 1 is 1.00 bits per heavy atom. The van der Waals surface area contributed by atoms with Crippen molar-refractivity contribution in [2.24, 2.45) is 0 Å². The van der Waals surface area contributed by atoms with Crippen molar-refractivity contribution in [3.05, 3.63) is 41.5 Å². The highest BCUT2D eigenvalue weighted by atomic mass is 15.2. The summed E-state index contributed by atoms with van der Waals surface area (Å²) in [5, 5.41) is 10.9. The Labute approximate surface area is 94.5 Å². The third-order valence-corrected chi connectivity index (χ3v) is 2.18. The number of aromatic nitrogens is 2. The van der Waals surface area contributed by atoms with E-state index in [1.165, 1.54) is 11.1 Å². The monoisotopic (exact) mass is 214 g/mol. The molecular weight excluding hydrogens is 200 g/mol. The maximum absolute atomic E-state index is 5.47. The fourth-order valence-electron chi connectivity index (χ4n) is 1.60. The zero-order valence-electron chi connectivity index (χ0n) is 9.36. The van der Waals surface area contributed by atoms with Gasteiger partial charge in [0.1, 0.15) is 5.82 Å². The smallest absolute Gasteiger partial charge is 0.153 e. The average molecular weight is 214 g/mol. The molecule has 0 aliphatic rings. The van der Waals surface area contributed by atoms with Crippen LogP contribution in [0.25, 0.3) is 0 Å². The Morgan fingerprint density at radius 3 is 2.25 bits per heavy atom. The molecule has 1 aromatic carbocycles. The lowest BCUT2D eigenvalue weighted by atomic mass is 10.1. The van der Waals surface area contributed by atoms with E-state index in [0.29, 0.717) is 11.6 Å². The van der Waals surface area contributed by atoms with Gasteiger partial charge in [0.15, 0.2) is 5.82 Å². The van der Waals surface area contributed by atoms with Gasteiger partial charge in [-0.3, -0.25) is 0 Å². The fraction of sp³-hybridized carbons (Fsp3) is 0.167. The topological polar surface area (TPSA) is 63.8 Å². The highest BCUT2D eigenvalue weighted by Crippen LogP contribution is 2.17. The number of benzene rings is 1. The number of anilines is 3. The molecule has 0 fully saturated rings. The van der Waals surface area contributed by atoms with Crippen LogP contribution in [-0.2, 0) is 0 Å². The van der Waals surface area contributed by atoms with Crippen molar-refractivity contribution in [2.75, 3.05) is 11.1 Å². The van der Waals surface area contributed by atoms with E-state index in [9.17, 15) is 0 Å². The number of hydrogen-bond acceptors (Lipinski definition) is 4. The number of hydrogen-bond donors (Lipinski definition) is 2. The van der Waals surface area contributed by atoms with Gasteiger partial charge in [-0.2, -0.15) is 0 Å². The molecule has 1 aromatic heterocycles. The van der Waals surface area contributed by atoms with Gasteiger partial charge in [0.05, 0.1) is 0 Å². The minimum atomic E-state index is 0.422. The number of nitrogens with zero attached hydrogens (tertiary/aromatic N) is 2. The second-order valence-corrected chi connectivity index (χ2v) is 3.84. The molecule has 0 saturated carbocycles. The van der Waals surface area contributed by atoms with E-state index >= 15 is 0 Å². The van der Waals surface area contributed by atoms with Crippen molar-refractivity contribution in [3.8, 4) is 0 Å². The molecule has 0 unspecified atom stereocenters. The number of nitrogen functional groups attached to an aromatic ring is 1. The van der Waals surface area contributed by atoms with Crippen molar-refractivity contribution < 1.29 is 0 Å². The quantitative estimate of drug-likeness (QED) is 0.805. The van der Waals surface area contributed by atoms with Gasteiger partial charge in [-0.1, -0.05) is 6.07 Å². The second-order valence-electron chi connectivity index (χ2n) is 3.84. The average Bonchev–Trinajstić information content (AvgIpc) is 2.20. The van der Waals surface area contributed by atoms with Crippen LogP contribution in [0.4, 0.5) is 17.3 Å². The summed E-state index contributed by atoms with van der Waals surface area (Å²) in [6, 6.07) is 9.77. The van der Waals surface area contributed by atoms with E-state index in [-0.39, 0.29) is 0 Å². The minimum absolute atomic E-state index is 0.422.